The number of phenolic OH excluding ortho intramolecular Hbond substituents is 1. The van der Waals surface area contributed by atoms with Gasteiger partial charge in [-0.15, -0.1) is 0 Å². The van der Waals surface area contributed by atoms with Gasteiger partial charge in [0.25, 0.3) is 17.9 Å². The quantitative estimate of drug-likeness (QED) is 0.573. The van der Waals surface area contributed by atoms with Crippen LogP contribution in [0.2, 0.25) is 0 Å². The molecule has 1 aromatic rings. The van der Waals surface area contributed by atoms with Gasteiger partial charge in [-0.3, -0.25) is 14.4 Å². The molecule has 0 aliphatic rings. The average molecular weight is 288 g/mol. The standard InChI is InChI=1S/C7H8O.3C2H4O2/c1-6-2-4-7(8)5-3-6;3*1-2(3)4/h2-5,8H,1H3;3*1H3,(H,3,4). The smallest absolute Gasteiger partial charge is 0.300 e. The normalized spacial score (nSPS) is 7.40. The Labute approximate surface area is 117 Å². The number of carboxylic acids is 3. The second-order valence-electron chi connectivity index (χ2n) is 3.39. The highest BCUT2D eigenvalue weighted by Gasteiger charge is 1.82. The Bertz CT molecular complexity index is 334. The number of carboxylic acid groups (broad SMARTS) is 3. The summed E-state index contributed by atoms with van der Waals surface area (Å²) in [7, 11) is 0. The number of phenols is 1. The van der Waals surface area contributed by atoms with E-state index in [0.717, 1.165) is 20.8 Å². The molecule has 0 saturated carbocycles. The van der Waals surface area contributed by atoms with Crippen molar-refractivity contribution in [3.8, 4) is 5.75 Å². The van der Waals surface area contributed by atoms with Crippen LogP contribution >= 0.6 is 0 Å². The molecule has 7 nitrogen and oxygen atoms in total. The fraction of sp³-hybridized carbons (Fsp3) is 0.308. The van der Waals surface area contributed by atoms with E-state index in [2.05, 4.69) is 0 Å². The highest BCUT2D eigenvalue weighted by atomic mass is 16.4. The molecule has 0 spiro atoms. The van der Waals surface area contributed by atoms with E-state index in [-0.39, 0.29) is 0 Å². The molecule has 0 aliphatic carbocycles. The number of hydrogen-bond donors (Lipinski definition) is 4. The molecule has 0 heterocycles. The second kappa shape index (κ2) is 14.5. The topological polar surface area (TPSA) is 132 Å². The van der Waals surface area contributed by atoms with Gasteiger partial charge in [-0.1, -0.05) is 17.7 Å². The van der Waals surface area contributed by atoms with Gasteiger partial charge in [0.15, 0.2) is 0 Å². The molecule has 1 rings (SSSR count). The zero-order chi connectivity index (χ0) is 16.7. The van der Waals surface area contributed by atoms with Crippen molar-refractivity contribution in [3.05, 3.63) is 29.8 Å². The Morgan fingerprint density at radius 3 is 1.10 bits per heavy atom. The van der Waals surface area contributed by atoms with Crippen LogP contribution in [0.25, 0.3) is 0 Å². The summed E-state index contributed by atoms with van der Waals surface area (Å²) in [4.78, 5) is 27.0. The van der Waals surface area contributed by atoms with Gasteiger partial charge in [0, 0.05) is 20.8 Å². The van der Waals surface area contributed by atoms with Crippen LogP contribution in [0.15, 0.2) is 24.3 Å². The molecule has 0 fully saturated rings. The maximum absolute atomic E-state index is 9.00. The summed E-state index contributed by atoms with van der Waals surface area (Å²) in [6.45, 7) is 5.24. The molecule has 20 heavy (non-hydrogen) atoms. The predicted octanol–water partition coefficient (Wildman–Crippen LogP) is 1.97. The van der Waals surface area contributed by atoms with Gasteiger partial charge in [0.05, 0.1) is 0 Å². The molecule has 7 heteroatoms. The number of rotatable bonds is 0. The van der Waals surface area contributed by atoms with E-state index in [0.29, 0.717) is 5.75 Å². The molecule has 4 N–H and O–H groups in total. The molecular formula is C13H20O7. The summed E-state index contributed by atoms with van der Waals surface area (Å²) in [5.41, 5.74) is 1.17. The first-order chi connectivity index (χ1) is 8.98. The second-order valence-corrected chi connectivity index (χ2v) is 3.39. The highest BCUT2D eigenvalue weighted by Crippen LogP contribution is 2.07. The summed E-state index contributed by atoms with van der Waals surface area (Å²) in [6.07, 6.45) is 0. The van der Waals surface area contributed by atoms with Crippen molar-refractivity contribution in [2.24, 2.45) is 0 Å². The third-order valence-electron chi connectivity index (χ3n) is 1.03. The maximum atomic E-state index is 9.00. The van der Waals surface area contributed by atoms with E-state index in [1.807, 2.05) is 19.1 Å². The summed E-state index contributed by atoms with van der Waals surface area (Å²) in [6, 6.07) is 7.09. The minimum atomic E-state index is -0.833. The maximum Gasteiger partial charge on any atom is 0.300 e. The lowest BCUT2D eigenvalue weighted by molar-refractivity contribution is -0.135. The molecule has 0 aromatic heterocycles. The van der Waals surface area contributed by atoms with Crippen LogP contribution in [0.4, 0.5) is 0 Å². The van der Waals surface area contributed by atoms with Crippen molar-refractivity contribution in [2.75, 3.05) is 0 Å². The third kappa shape index (κ3) is 58.2. The fourth-order valence-electron chi connectivity index (χ4n) is 0.545. The molecule has 0 aliphatic heterocycles. The Balaban J connectivity index is -0.000000209. The lowest BCUT2D eigenvalue weighted by Gasteiger charge is -1.89. The minimum absolute atomic E-state index is 0.329. The van der Waals surface area contributed by atoms with Crippen molar-refractivity contribution in [2.45, 2.75) is 27.7 Å². The zero-order valence-electron chi connectivity index (χ0n) is 11.8. The minimum Gasteiger partial charge on any atom is -0.508 e. The van der Waals surface area contributed by atoms with Crippen molar-refractivity contribution in [1.82, 2.24) is 0 Å². The fourth-order valence-corrected chi connectivity index (χ4v) is 0.545. The Kier molecular flexibility index (Phi) is 16.4. The molecule has 114 valence electrons. The van der Waals surface area contributed by atoms with Gasteiger partial charge in [0.1, 0.15) is 5.75 Å². The predicted molar refractivity (Wildman–Crippen MR) is 72.8 cm³/mol. The third-order valence-corrected chi connectivity index (χ3v) is 1.03. The van der Waals surface area contributed by atoms with E-state index in [1.54, 1.807) is 12.1 Å². The summed E-state index contributed by atoms with van der Waals surface area (Å²) >= 11 is 0. The molecule has 0 unspecified atom stereocenters. The van der Waals surface area contributed by atoms with Gasteiger partial charge < -0.3 is 20.4 Å². The lowest BCUT2D eigenvalue weighted by Crippen LogP contribution is -1.78. The number of aromatic hydroxyl groups is 1. The Hall–Kier alpha value is -2.57. The van der Waals surface area contributed by atoms with E-state index >= 15 is 0 Å². The van der Waals surface area contributed by atoms with Crippen LogP contribution in [0.3, 0.4) is 0 Å². The van der Waals surface area contributed by atoms with E-state index in [9.17, 15) is 0 Å². The van der Waals surface area contributed by atoms with Crippen LogP contribution < -0.4 is 0 Å². The first-order valence-corrected chi connectivity index (χ1v) is 5.33. The van der Waals surface area contributed by atoms with Crippen LogP contribution in [0.1, 0.15) is 26.3 Å². The van der Waals surface area contributed by atoms with Gasteiger partial charge in [-0.05, 0) is 19.1 Å². The monoisotopic (exact) mass is 288 g/mol. The average Bonchev–Trinajstić information content (AvgIpc) is 2.20. The molecule has 0 atom stereocenters. The molecule has 0 saturated heterocycles. The van der Waals surface area contributed by atoms with Crippen molar-refractivity contribution in [3.63, 3.8) is 0 Å². The number of carbonyl (C=O) groups is 3. The molecule has 0 radical (unpaired) electrons. The van der Waals surface area contributed by atoms with E-state index < -0.39 is 17.9 Å². The van der Waals surface area contributed by atoms with Crippen LogP contribution in [0.5, 0.6) is 5.75 Å². The molecule has 1 aromatic carbocycles. The number of aryl methyl sites for hydroxylation is 1. The summed E-state index contributed by atoms with van der Waals surface area (Å²) < 4.78 is 0. The first kappa shape index (κ1) is 22.6. The number of aliphatic carboxylic acids is 3. The van der Waals surface area contributed by atoms with Crippen molar-refractivity contribution < 1.29 is 34.8 Å². The SMILES string of the molecule is CC(=O)O.CC(=O)O.CC(=O)O.Cc1ccc(O)cc1. The summed E-state index contributed by atoms with van der Waals surface area (Å²) in [5, 5.41) is 31.0. The van der Waals surface area contributed by atoms with Crippen LogP contribution in [0, 0.1) is 6.92 Å². The van der Waals surface area contributed by atoms with Crippen LogP contribution in [-0.2, 0) is 14.4 Å². The molecule has 0 bridgehead atoms. The number of hydrogen-bond acceptors (Lipinski definition) is 4. The number of benzene rings is 1. The lowest BCUT2D eigenvalue weighted by atomic mass is 10.2. The van der Waals surface area contributed by atoms with Gasteiger partial charge in [0.2, 0.25) is 0 Å². The van der Waals surface area contributed by atoms with Gasteiger partial charge in [-0.25, -0.2) is 0 Å². The Morgan fingerprint density at radius 2 is 0.950 bits per heavy atom. The van der Waals surface area contributed by atoms with Gasteiger partial charge >= 0.3 is 0 Å². The zero-order valence-corrected chi connectivity index (χ0v) is 11.8. The molecular weight excluding hydrogens is 268 g/mol. The van der Waals surface area contributed by atoms with E-state index in [4.69, 9.17) is 34.8 Å². The van der Waals surface area contributed by atoms with Crippen LogP contribution in [-0.4, -0.2) is 38.3 Å². The highest BCUT2D eigenvalue weighted by molar-refractivity contribution is 5.63. The molecule has 0 amide bonds. The van der Waals surface area contributed by atoms with Gasteiger partial charge in [-0.2, -0.15) is 0 Å². The summed E-state index contributed by atoms with van der Waals surface area (Å²) in [5.74, 6) is -2.17. The van der Waals surface area contributed by atoms with Crippen molar-refractivity contribution in [1.29, 1.82) is 0 Å². The largest absolute Gasteiger partial charge is 0.508 e. The Morgan fingerprint density at radius 1 is 0.750 bits per heavy atom. The van der Waals surface area contributed by atoms with E-state index in [1.165, 1.54) is 5.56 Å². The van der Waals surface area contributed by atoms with Crippen molar-refractivity contribution >= 4 is 17.9 Å². The first-order valence-electron chi connectivity index (χ1n) is 5.33.